The number of methoxy groups -OCH3 is 1. The summed E-state index contributed by atoms with van der Waals surface area (Å²) in [5.41, 5.74) is -0.260. The Bertz CT molecular complexity index is 650. The first-order valence-corrected chi connectivity index (χ1v) is 7.12. The van der Waals surface area contributed by atoms with E-state index in [0.29, 0.717) is 0 Å². The van der Waals surface area contributed by atoms with E-state index >= 15 is 0 Å². The lowest BCUT2D eigenvalue weighted by Crippen LogP contribution is -2.61. The molecule has 1 heterocycles. The number of carbonyl (C=O) groups is 1. The van der Waals surface area contributed by atoms with Crippen molar-refractivity contribution in [2.45, 2.75) is 37.3 Å². The van der Waals surface area contributed by atoms with E-state index < -0.39 is 53.9 Å². The lowest BCUT2D eigenvalue weighted by Gasteiger charge is -2.38. The summed E-state index contributed by atoms with van der Waals surface area (Å²) in [7, 11) is 1.03. The molecule has 1 aliphatic rings. The minimum atomic E-state index is -1.81. The van der Waals surface area contributed by atoms with Gasteiger partial charge in [-0.1, -0.05) is 6.07 Å². The van der Waals surface area contributed by atoms with Gasteiger partial charge in [-0.3, -0.25) is 10.1 Å². The number of esters is 1. The van der Waals surface area contributed by atoms with Gasteiger partial charge in [0.1, 0.15) is 18.3 Å². The van der Waals surface area contributed by atoms with Gasteiger partial charge >= 0.3 is 11.7 Å². The summed E-state index contributed by atoms with van der Waals surface area (Å²) in [6, 6.07) is 3.58. The smallest absolute Gasteiger partial charge is 0.337 e. The highest BCUT2D eigenvalue weighted by atomic mass is 16.7. The molecule has 1 saturated heterocycles. The fraction of sp³-hybridized carbons (Fsp3) is 0.500. The molecule has 0 aliphatic carbocycles. The molecule has 0 amide bonds. The SMILES string of the molecule is COC(=O)[C@H]1O[C@@H](Oc2ccc(CO)cc2[N+](=O)[O-])[C@H](O)[C@@H](O)[C@@H]1O. The van der Waals surface area contributed by atoms with E-state index in [-0.39, 0.29) is 11.3 Å². The highest BCUT2D eigenvalue weighted by Gasteiger charge is 2.48. The number of rotatable bonds is 5. The Hall–Kier alpha value is -2.31. The third-order valence-corrected chi connectivity index (χ3v) is 3.65. The second-order valence-electron chi connectivity index (χ2n) is 5.26. The van der Waals surface area contributed by atoms with Crippen molar-refractivity contribution in [3.05, 3.63) is 33.9 Å². The summed E-state index contributed by atoms with van der Waals surface area (Å²) in [6.45, 7) is -0.432. The Morgan fingerprint density at radius 2 is 1.96 bits per heavy atom. The molecule has 0 aromatic heterocycles. The summed E-state index contributed by atoms with van der Waals surface area (Å²) in [4.78, 5) is 21.9. The van der Waals surface area contributed by atoms with Crippen LogP contribution < -0.4 is 4.74 Å². The van der Waals surface area contributed by atoms with Crippen LogP contribution in [0.2, 0.25) is 0 Å². The largest absolute Gasteiger partial charge is 0.467 e. The number of nitrogens with zero attached hydrogens (tertiary/aromatic N) is 1. The van der Waals surface area contributed by atoms with Crippen LogP contribution in [0.15, 0.2) is 18.2 Å². The van der Waals surface area contributed by atoms with Gasteiger partial charge in [0.15, 0.2) is 11.9 Å². The van der Waals surface area contributed by atoms with Gasteiger partial charge in [0.25, 0.3) is 0 Å². The fourth-order valence-corrected chi connectivity index (χ4v) is 2.28. The van der Waals surface area contributed by atoms with E-state index in [1.807, 2.05) is 0 Å². The molecule has 0 bridgehead atoms. The first-order chi connectivity index (χ1) is 11.8. The predicted molar refractivity (Wildman–Crippen MR) is 78.3 cm³/mol. The maximum atomic E-state index is 11.6. The topological polar surface area (TPSA) is 169 Å². The van der Waals surface area contributed by atoms with Crippen LogP contribution >= 0.6 is 0 Å². The van der Waals surface area contributed by atoms with Crippen LogP contribution in [0.1, 0.15) is 5.56 Å². The summed E-state index contributed by atoms with van der Waals surface area (Å²) < 4.78 is 14.8. The van der Waals surface area contributed by atoms with Crippen molar-refractivity contribution in [1.82, 2.24) is 0 Å². The Balaban J connectivity index is 2.29. The van der Waals surface area contributed by atoms with Gasteiger partial charge in [-0.25, -0.2) is 4.79 Å². The minimum absolute atomic E-state index is 0.257. The molecule has 11 heteroatoms. The molecule has 0 spiro atoms. The molecule has 11 nitrogen and oxygen atoms in total. The van der Waals surface area contributed by atoms with Gasteiger partial charge in [0, 0.05) is 6.07 Å². The molecule has 0 saturated carbocycles. The Kier molecular flexibility index (Phi) is 5.87. The van der Waals surface area contributed by atoms with Gasteiger partial charge in [0.2, 0.25) is 6.29 Å². The van der Waals surface area contributed by atoms with Crippen molar-refractivity contribution >= 4 is 11.7 Å². The lowest BCUT2D eigenvalue weighted by atomic mass is 9.99. The number of hydrogen-bond donors (Lipinski definition) is 4. The van der Waals surface area contributed by atoms with E-state index in [4.69, 9.17) is 14.6 Å². The molecular formula is C14H17NO10. The normalized spacial score (nSPS) is 29.1. The monoisotopic (exact) mass is 359 g/mol. The Morgan fingerprint density at radius 3 is 2.52 bits per heavy atom. The summed E-state index contributed by atoms with van der Waals surface area (Å²) in [5, 5.41) is 49.7. The molecule has 1 aromatic rings. The highest BCUT2D eigenvalue weighted by Crippen LogP contribution is 2.32. The minimum Gasteiger partial charge on any atom is -0.467 e. The summed E-state index contributed by atoms with van der Waals surface area (Å²) >= 11 is 0. The number of benzene rings is 1. The summed E-state index contributed by atoms with van der Waals surface area (Å²) in [6.07, 6.45) is -8.69. The second kappa shape index (κ2) is 7.72. The zero-order valence-corrected chi connectivity index (χ0v) is 13.0. The van der Waals surface area contributed by atoms with Crippen molar-refractivity contribution in [3.63, 3.8) is 0 Å². The van der Waals surface area contributed by atoms with E-state index in [2.05, 4.69) is 4.74 Å². The third kappa shape index (κ3) is 3.86. The average molecular weight is 359 g/mol. The van der Waals surface area contributed by atoms with Crippen LogP contribution in [0.4, 0.5) is 5.69 Å². The van der Waals surface area contributed by atoms with Gasteiger partial charge in [-0.15, -0.1) is 0 Å². The quantitative estimate of drug-likeness (QED) is 0.274. The molecule has 1 aliphatic heterocycles. The van der Waals surface area contributed by atoms with Gasteiger partial charge in [-0.2, -0.15) is 0 Å². The zero-order valence-electron chi connectivity index (χ0n) is 13.0. The average Bonchev–Trinajstić information content (AvgIpc) is 2.61. The van der Waals surface area contributed by atoms with E-state index in [9.17, 15) is 30.2 Å². The number of aliphatic hydroxyl groups excluding tert-OH is 4. The molecule has 2 rings (SSSR count). The van der Waals surface area contributed by atoms with Gasteiger partial charge < -0.3 is 34.6 Å². The zero-order chi connectivity index (χ0) is 18.7. The van der Waals surface area contributed by atoms with Crippen molar-refractivity contribution < 1.29 is 44.4 Å². The molecule has 0 unspecified atom stereocenters. The van der Waals surface area contributed by atoms with Crippen LogP contribution in [0.5, 0.6) is 5.75 Å². The van der Waals surface area contributed by atoms with E-state index in [1.54, 1.807) is 0 Å². The molecule has 0 radical (unpaired) electrons. The highest BCUT2D eigenvalue weighted by molar-refractivity contribution is 5.75. The number of nitro benzene ring substituents is 1. The number of aliphatic hydroxyl groups is 4. The van der Waals surface area contributed by atoms with Crippen LogP contribution in [-0.2, 0) is 20.9 Å². The first kappa shape index (κ1) is 19.0. The van der Waals surface area contributed by atoms with Gasteiger partial charge in [0.05, 0.1) is 18.6 Å². The molecule has 25 heavy (non-hydrogen) atoms. The number of carbonyl (C=O) groups excluding carboxylic acids is 1. The molecule has 1 fully saturated rings. The van der Waals surface area contributed by atoms with Crippen molar-refractivity contribution in [1.29, 1.82) is 0 Å². The van der Waals surface area contributed by atoms with Crippen LogP contribution in [0, 0.1) is 10.1 Å². The Morgan fingerprint density at radius 1 is 1.28 bits per heavy atom. The second-order valence-corrected chi connectivity index (χ2v) is 5.26. The number of hydrogen-bond acceptors (Lipinski definition) is 10. The number of nitro groups is 1. The maximum Gasteiger partial charge on any atom is 0.337 e. The molecule has 138 valence electrons. The predicted octanol–water partition coefficient (Wildman–Crippen LogP) is -1.55. The molecule has 1 aromatic carbocycles. The van der Waals surface area contributed by atoms with Crippen molar-refractivity contribution in [2.75, 3.05) is 7.11 Å². The molecule has 5 atom stereocenters. The van der Waals surface area contributed by atoms with Crippen LogP contribution in [0.25, 0.3) is 0 Å². The fourth-order valence-electron chi connectivity index (χ4n) is 2.28. The van der Waals surface area contributed by atoms with Gasteiger partial charge in [-0.05, 0) is 11.6 Å². The molecular weight excluding hydrogens is 342 g/mol. The van der Waals surface area contributed by atoms with E-state index in [0.717, 1.165) is 13.2 Å². The summed E-state index contributed by atoms with van der Waals surface area (Å²) in [5.74, 6) is -1.34. The van der Waals surface area contributed by atoms with E-state index in [1.165, 1.54) is 12.1 Å². The first-order valence-electron chi connectivity index (χ1n) is 7.12. The van der Waals surface area contributed by atoms with Crippen molar-refractivity contribution in [2.24, 2.45) is 0 Å². The maximum absolute atomic E-state index is 11.6. The lowest BCUT2D eigenvalue weighted by molar-refractivity contribution is -0.387. The molecule has 4 N–H and O–H groups in total. The van der Waals surface area contributed by atoms with Crippen molar-refractivity contribution in [3.8, 4) is 5.75 Å². The standard InChI is InChI=1S/C14H17NO10/c1-23-13(20)12-10(18)9(17)11(19)14(25-12)24-8-3-2-6(5-16)4-7(8)15(21)22/h2-4,9-12,14,16-19H,5H2,1H3/t9-,10-,11+,12-,14+/m0/s1. The number of ether oxygens (including phenoxy) is 3. The Labute approximate surface area is 141 Å². The van der Waals surface area contributed by atoms with Crippen LogP contribution in [0.3, 0.4) is 0 Å². The van der Waals surface area contributed by atoms with Crippen LogP contribution in [-0.4, -0.2) is 69.1 Å². The third-order valence-electron chi connectivity index (χ3n) is 3.65.